The van der Waals surface area contributed by atoms with Gasteiger partial charge in [-0.3, -0.25) is 0 Å². The van der Waals surface area contributed by atoms with Crippen molar-refractivity contribution in [3.05, 3.63) is 43.4 Å². The van der Waals surface area contributed by atoms with Crippen molar-refractivity contribution < 1.29 is 4.39 Å². The number of aryl methyl sites for hydroxylation is 1. The largest absolute Gasteiger partial charge is 0.363 e. The number of halogens is 3. The van der Waals surface area contributed by atoms with Crippen molar-refractivity contribution in [1.82, 2.24) is 14.6 Å². The van der Waals surface area contributed by atoms with E-state index >= 15 is 0 Å². The van der Waals surface area contributed by atoms with Gasteiger partial charge in [0.2, 0.25) is 5.28 Å². The maximum Gasteiger partial charge on any atom is 0.243 e. The van der Waals surface area contributed by atoms with Crippen LogP contribution in [-0.4, -0.2) is 20.3 Å². The van der Waals surface area contributed by atoms with Crippen LogP contribution < -0.4 is 5.32 Å². The Hall–Kier alpha value is -1.18. The average Bonchev–Trinajstić information content (AvgIpc) is 3.04. The highest BCUT2D eigenvalue weighted by Crippen LogP contribution is 2.44. The first-order chi connectivity index (χ1) is 12.5. The zero-order chi connectivity index (χ0) is 18.3. The molecule has 0 bridgehead atoms. The van der Waals surface area contributed by atoms with E-state index in [0.29, 0.717) is 31.6 Å². The maximum atomic E-state index is 13.9. The predicted octanol–water partition coefficient (Wildman–Crippen LogP) is 5.95. The Morgan fingerprint density at radius 2 is 2.27 bits per heavy atom. The zero-order valence-electron chi connectivity index (χ0n) is 14.4. The number of thiophene rings is 1. The summed E-state index contributed by atoms with van der Waals surface area (Å²) in [4.78, 5) is 5.61. The molecule has 8 heteroatoms. The van der Waals surface area contributed by atoms with Gasteiger partial charge in [-0.1, -0.05) is 6.07 Å². The number of hydrogen-bond acceptors (Lipinski definition) is 4. The molecule has 1 N–H and O–H groups in total. The summed E-state index contributed by atoms with van der Waals surface area (Å²) in [6.45, 7) is 2.74. The molecule has 0 amide bonds. The number of hydrogen-bond donors (Lipinski definition) is 1. The van der Waals surface area contributed by atoms with Crippen LogP contribution in [0.25, 0.3) is 5.52 Å². The van der Waals surface area contributed by atoms with E-state index in [1.54, 1.807) is 15.9 Å². The van der Waals surface area contributed by atoms with E-state index in [-0.39, 0.29) is 5.28 Å². The first kappa shape index (κ1) is 18.2. The molecule has 3 heterocycles. The number of anilines is 1. The van der Waals surface area contributed by atoms with Crippen molar-refractivity contribution >= 4 is 50.2 Å². The minimum Gasteiger partial charge on any atom is -0.363 e. The summed E-state index contributed by atoms with van der Waals surface area (Å²) in [5.41, 5.74) is 2.25. The van der Waals surface area contributed by atoms with Crippen molar-refractivity contribution in [3.8, 4) is 0 Å². The second-order valence-corrected chi connectivity index (χ2v) is 8.94. The van der Waals surface area contributed by atoms with Crippen molar-refractivity contribution in [3.63, 3.8) is 0 Å². The predicted molar refractivity (Wildman–Crippen MR) is 108 cm³/mol. The molecule has 0 unspecified atom stereocenters. The van der Waals surface area contributed by atoms with Crippen molar-refractivity contribution in [2.24, 2.45) is 0 Å². The third-order valence-corrected chi connectivity index (χ3v) is 6.77. The normalized spacial score (nSPS) is 15.5. The highest BCUT2D eigenvalue weighted by atomic mass is 79.9. The van der Waals surface area contributed by atoms with E-state index in [1.165, 1.54) is 4.88 Å². The molecule has 3 aromatic heterocycles. The van der Waals surface area contributed by atoms with E-state index in [2.05, 4.69) is 44.3 Å². The molecule has 0 atom stereocenters. The van der Waals surface area contributed by atoms with Gasteiger partial charge >= 0.3 is 0 Å². The van der Waals surface area contributed by atoms with Crippen molar-refractivity contribution in [1.29, 1.82) is 0 Å². The Morgan fingerprint density at radius 1 is 1.46 bits per heavy atom. The van der Waals surface area contributed by atoms with Crippen LogP contribution in [0.4, 0.5) is 10.2 Å². The first-order valence-corrected chi connectivity index (χ1v) is 10.7. The standard InChI is InChI=1S/C18H19BrClFN4S/c1-11-13(5-2-6-18(21)7-8-18)15(19)25-14(11)16(23-17(20)24-25)22-10-12-4-3-9-26-12/h3-4,9H,2,5-8,10H2,1H3,(H,22,23,24). The summed E-state index contributed by atoms with van der Waals surface area (Å²) >= 11 is 11.5. The Bertz CT molecular complexity index is 937. The lowest BCUT2D eigenvalue weighted by Crippen LogP contribution is -2.05. The van der Waals surface area contributed by atoms with Gasteiger partial charge in [0.05, 0.1) is 6.54 Å². The smallest absolute Gasteiger partial charge is 0.243 e. The monoisotopic (exact) mass is 456 g/mol. The summed E-state index contributed by atoms with van der Waals surface area (Å²) in [5.74, 6) is 0.715. The number of rotatable bonds is 7. The van der Waals surface area contributed by atoms with Crippen LogP contribution in [0, 0.1) is 6.92 Å². The van der Waals surface area contributed by atoms with E-state index in [1.807, 2.05) is 11.4 Å². The third kappa shape index (κ3) is 3.62. The van der Waals surface area contributed by atoms with Gasteiger partial charge in [0, 0.05) is 4.88 Å². The fraction of sp³-hybridized carbons (Fsp3) is 0.444. The first-order valence-electron chi connectivity index (χ1n) is 8.65. The summed E-state index contributed by atoms with van der Waals surface area (Å²) in [6.07, 6.45) is 3.68. The van der Waals surface area contributed by atoms with Crippen LogP contribution >= 0.6 is 38.9 Å². The minimum absolute atomic E-state index is 0.189. The Kier molecular flexibility index (Phi) is 4.96. The summed E-state index contributed by atoms with van der Waals surface area (Å²) in [5, 5.41) is 9.96. The molecule has 1 fully saturated rings. The fourth-order valence-electron chi connectivity index (χ4n) is 3.27. The molecule has 0 radical (unpaired) electrons. The fourth-order valence-corrected chi connectivity index (χ4v) is 4.83. The van der Waals surface area contributed by atoms with Gasteiger partial charge in [0.25, 0.3) is 0 Å². The summed E-state index contributed by atoms with van der Waals surface area (Å²) < 4.78 is 16.6. The van der Waals surface area contributed by atoms with Gasteiger partial charge < -0.3 is 5.32 Å². The van der Waals surface area contributed by atoms with Crippen LogP contribution in [0.15, 0.2) is 22.1 Å². The SMILES string of the molecule is Cc1c(CCCC2(F)CC2)c(Br)n2nc(Cl)nc(NCc3cccs3)c12. The number of alkyl halides is 1. The van der Waals surface area contributed by atoms with E-state index < -0.39 is 5.67 Å². The Morgan fingerprint density at radius 3 is 2.96 bits per heavy atom. The lowest BCUT2D eigenvalue weighted by atomic mass is 10.0. The van der Waals surface area contributed by atoms with Gasteiger partial charge in [-0.25, -0.2) is 8.91 Å². The van der Waals surface area contributed by atoms with Crippen LogP contribution in [0.2, 0.25) is 5.28 Å². The molecule has 4 rings (SSSR count). The summed E-state index contributed by atoms with van der Waals surface area (Å²) in [7, 11) is 0. The third-order valence-electron chi connectivity index (χ3n) is 4.92. The second kappa shape index (κ2) is 7.09. The number of nitrogens with one attached hydrogen (secondary N) is 1. The Labute approximate surface area is 168 Å². The van der Waals surface area contributed by atoms with Crippen LogP contribution in [0.1, 0.15) is 41.7 Å². The van der Waals surface area contributed by atoms with Crippen LogP contribution in [-0.2, 0) is 13.0 Å². The average molecular weight is 458 g/mol. The van der Waals surface area contributed by atoms with Crippen LogP contribution in [0.5, 0.6) is 0 Å². The molecular formula is C18H19BrClFN4S. The van der Waals surface area contributed by atoms with E-state index in [0.717, 1.165) is 34.1 Å². The summed E-state index contributed by atoms with van der Waals surface area (Å²) in [6, 6.07) is 4.10. The molecule has 3 aromatic rings. The second-order valence-electron chi connectivity index (χ2n) is 6.82. The van der Waals surface area contributed by atoms with Gasteiger partial charge in [0.15, 0.2) is 5.82 Å². The molecule has 138 valence electrons. The lowest BCUT2D eigenvalue weighted by Gasteiger charge is -2.08. The Balaban J connectivity index is 1.62. The number of fused-ring (bicyclic) bond motifs is 1. The lowest BCUT2D eigenvalue weighted by molar-refractivity contribution is 0.284. The molecule has 4 nitrogen and oxygen atoms in total. The van der Waals surface area contributed by atoms with Crippen molar-refractivity contribution in [2.45, 2.75) is 51.2 Å². The molecule has 0 aromatic carbocycles. The molecule has 0 saturated heterocycles. The van der Waals surface area contributed by atoms with Gasteiger partial charge in [-0.2, -0.15) is 4.98 Å². The molecule has 0 spiro atoms. The van der Waals surface area contributed by atoms with Gasteiger partial charge in [-0.05, 0) is 89.1 Å². The topological polar surface area (TPSA) is 42.2 Å². The minimum atomic E-state index is -0.907. The highest BCUT2D eigenvalue weighted by molar-refractivity contribution is 9.10. The molecule has 1 aliphatic carbocycles. The molecule has 0 aliphatic heterocycles. The van der Waals surface area contributed by atoms with E-state index in [4.69, 9.17) is 11.6 Å². The molecule has 1 saturated carbocycles. The van der Waals surface area contributed by atoms with Crippen molar-refractivity contribution in [2.75, 3.05) is 5.32 Å². The molecule has 1 aliphatic rings. The van der Waals surface area contributed by atoms with E-state index in [9.17, 15) is 4.39 Å². The van der Waals surface area contributed by atoms with Crippen LogP contribution in [0.3, 0.4) is 0 Å². The zero-order valence-corrected chi connectivity index (χ0v) is 17.5. The van der Waals surface area contributed by atoms with Gasteiger partial charge in [0.1, 0.15) is 15.8 Å². The maximum absolute atomic E-state index is 13.9. The number of nitrogens with zero attached hydrogens (tertiary/aromatic N) is 3. The quantitative estimate of drug-likeness (QED) is 0.476. The molecule has 26 heavy (non-hydrogen) atoms. The number of aromatic nitrogens is 3. The van der Waals surface area contributed by atoms with Gasteiger partial charge in [-0.15, -0.1) is 16.4 Å². The highest BCUT2D eigenvalue weighted by Gasteiger charge is 2.42. The molecular weight excluding hydrogens is 439 g/mol.